The third-order valence-corrected chi connectivity index (χ3v) is 5.60. The predicted octanol–water partition coefficient (Wildman–Crippen LogP) is 3.99. The van der Waals surface area contributed by atoms with Gasteiger partial charge in [0.15, 0.2) is 0 Å². The van der Waals surface area contributed by atoms with Crippen LogP contribution in [0.15, 0.2) is 54.6 Å². The Morgan fingerprint density at radius 2 is 1.82 bits per heavy atom. The van der Waals surface area contributed by atoms with Crippen molar-refractivity contribution in [1.29, 1.82) is 0 Å². The molecule has 1 aliphatic heterocycles. The summed E-state index contributed by atoms with van der Waals surface area (Å²) in [5.41, 5.74) is 5.62. The van der Waals surface area contributed by atoms with Crippen LogP contribution in [0.2, 0.25) is 0 Å². The Hall–Kier alpha value is -2.50. The Balaban J connectivity index is 1.37. The highest BCUT2D eigenvalue weighted by Gasteiger charge is 2.23. The lowest BCUT2D eigenvalue weighted by molar-refractivity contribution is 0.320. The second kappa shape index (κ2) is 8.25. The molecule has 3 aromatic rings. The van der Waals surface area contributed by atoms with Crippen molar-refractivity contribution in [1.82, 2.24) is 20.0 Å². The fourth-order valence-corrected chi connectivity index (χ4v) is 4.00. The first kappa shape index (κ1) is 18.8. The zero-order chi connectivity index (χ0) is 19.5. The topological polar surface area (TPSA) is 33.1 Å². The average molecular weight is 378 g/mol. The highest BCUT2D eigenvalue weighted by atomic mass is 19.1. The molecular formula is C23H27FN4. The van der Waals surface area contributed by atoms with Gasteiger partial charge in [0.25, 0.3) is 0 Å². The maximum Gasteiger partial charge on any atom is 0.123 e. The van der Waals surface area contributed by atoms with Crippen LogP contribution in [0.25, 0.3) is 5.69 Å². The molecule has 0 amide bonds. The number of benzene rings is 2. The molecule has 1 N–H and O–H groups in total. The first-order valence-electron chi connectivity index (χ1n) is 9.91. The van der Waals surface area contributed by atoms with Gasteiger partial charge < -0.3 is 5.32 Å². The van der Waals surface area contributed by atoms with Gasteiger partial charge in [0.05, 0.1) is 11.4 Å². The molecule has 1 atom stereocenters. The minimum absolute atomic E-state index is 0.228. The van der Waals surface area contributed by atoms with Gasteiger partial charge in [-0.1, -0.05) is 30.3 Å². The third kappa shape index (κ3) is 4.16. The van der Waals surface area contributed by atoms with Crippen molar-refractivity contribution < 1.29 is 4.39 Å². The molecule has 28 heavy (non-hydrogen) atoms. The van der Waals surface area contributed by atoms with Crippen molar-refractivity contribution in [2.24, 2.45) is 0 Å². The Morgan fingerprint density at radius 3 is 2.57 bits per heavy atom. The van der Waals surface area contributed by atoms with Crippen molar-refractivity contribution >= 4 is 0 Å². The van der Waals surface area contributed by atoms with Crippen LogP contribution in [0.1, 0.15) is 28.9 Å². The zero-order valence-electron chi connectivity index (χ0n) is 16.5. The van der Waals surface area contributed by atoms with E-state index >= 15 is 0 Å². The van der Waals surface area contributed by atoms with E-state index in [2.05, 4.69) is 52.6 Å². The molecule has 146 valence electrons. The summed E-state index contributed by atoms with van der Waals surface area (Å²) in [6, 6.07) is 17.6. The molecule has 4 rings (SSSR count). The smallest absolute Gasteiger partial charge is 0.123 e. The number of halogens is 1. The van der Waals surface area contributed by atoms with Crippen LogP contribution in [-0.2, 0) is 13.1 Å². The molecular weight excluding hydrogens is 351 g/mol. The molecule has 0 aliphatic carbocycles. The minimum atomic E-state index is -0.228. The molecule has 2 heterocycles. The molecule has 2 aromatic carbocycles. The second-order valence-electron chi connectivity index (χ2n) is 7.62. The highest BCUT2D eigenvalue weighted by Crippen LogP contribution is 2.19. The van der Waals surface area contributed by atoms with E-state index < -0.39 is 0 Å². The maximum atomic E-state index is 13.2. The summed E-state index contributed by atoms with van der Waals surface area (Å²) in [7, 11) is 0. The number of rotatable bonds is 6. The molecule has 0 bridgehead atoms. The third-order valence-electron chi connectivity index (χ3n) is 5.60. The molecule has 4 nitrogen and oxygen atoms in total. The van der Waals surface area contributed by atoms with Crippen molar-refractivity contribution in [3.8, 4) is 5.69 Å². The molecule has 0 radical (unpaired) electrons. The fraction of sp³-hybridized carbons (Fsp3) is 0.348. The van der Waals surface area contributed by atoms with E-state index in [9.17, 15) is 4.39 Å². The predicted molar refractivity (Wildman–Crippen MR) is 110 cm³/mol. The standard InChI is InChI=1S/C23H27FN4/c1-17-23(18(2)28(26-17)22-10-8-20(24)9-11-22)14-25-21-12-13-27(16-21)15-19-6-4-3-5-7-19/h3-11,21,25H,12-16H2,1-2H3. The molecule has 1 saturated heterocycles. The van der Waals surface area contributed by atoms with Crippen LogP contribution in [0.3, 0.4) is 0 Å². The largest absolute Gasteiger partial charge is 0.308 e. The highest BCUT2D eigenvalue weighted by molar-refractivity contribution is 5.37. The normalized spacial score (nSPS) is 17.3. The molecule has 5 heteroatoms. The summed E-state index contributed by atoms with van der Waals surface area (Å²) in [5, 5.41) is 8.38. The average Bonchev–Trinajstić information content (AvgIpc) is 3.26. The van der Waals surface area contributed by atoms with Crippen molar-refractivity contribution in [3.63, 3.8) is 0 Å². The van der Waals surface area contributed by atoms with Gasteiger partial charge in [-0.3, -0.25) is 4.90 Å². The van der Waals surface area contributed by atoms with Crippen LogP contribution in [0.4, 0.5) is 4.39 Å². The molecule has 0 saturated carbocycles. The Kier molecular flexibility index (Phi) is 5.55. The minimum Gasteiger partial charge on any atom is -0.308 e. The Bertz CT molecular complexity index is 918. The molecule has 0 spiro atoms. The number of aromatic nitrogens is 2. The summed E-state index contributed by atoms with van der Waals surface area (Å²) < 4.78 is 15.1. The summed E-state index contributed by atoms with van der Waals surface area (Å²) in [6.45, 7) is 8.14. The van der Waals surface area contributed by atoms with Crippen LogP contribution in [0.5, 0.6) is 0 Å². The van der Waals surface area contributed by atoms with Gasteiger partial charge in [0.2, 0.25) is 0 Å². The van der Waals surface area contributed by atoms with Gasteiger partial charge in [-0.05, 0) is 50.1 Å². The number of likely N-dealkylation sites (tertiary alicyclic amines) is 1. The summed E-state index contributed by atoms with van der Waals surface area (Å²) in [4.78, 5) is 2.51. The lowest BCUT2D eigenvalue weighted by Crippen LogP contribution is -2.32. The lowest BCUT2D eigenvalue weighted by atomic mass is 10.1. The van der Waals surface area contributed by atoms with E-state index in [1.807, 2.05) is 11.6 Å². The van der Waals surface area contributed by atoms with Gasteiger partial charge in [-0.25, -0.2) is 9.07 Å². The van der Waals surface area contributed by atoms with Crippen molar-refractivity contribution in [2.45, 2.75) is 39.4 Å². The summed E-state index contributed by atoms with van der Waals surface area (Å²) >= 11 is 0. The van der Waals surface area contributed by atoms with E-state index in [0.717, 1.165) is 49.7 Å². The molecule has 1 fully saturated rings. The first-order valence-corrected chi connectivity index (χ1v) is 9.91. The van der Waals surface area contributed by atoms with Crippen molar-refractivity contribution in [2.75, 3.05) is 13.1 Å². The SMILES string of the molecule is Cc1nn(-c2ccc(F)cc2)c(C)c1CNC1CCN(Cc2ccccc2)C1. The van der Waals surface area contributed by atoms with Gasteiger partial charge in [-0.15, -0.1) is 0 Å². The van der Waals surface area contributed by atoms with E-state index in [0.29, 0.717) is 6.04 Å². The number of hydrogen-bond acceptors (Lipinski definition) is 3. The Morgan fingerprint density at radius 1 is 1.07 bits per heavy atom. The lowest BCUT2D eigenvalue weighted by Gasteiger charge is -2.17. The molecule has 1 aromatic heterocycles. The van der Waals surface area contributed by atoms with E-state index in [1.165, 1.54) is 23.3 Å². The summed E-state index contributed by atoms with van der Waals surface area (Å²) in [5.74, 6) is -0.228. The zero-order valence-corrected chi connectivity index (χ0v) is 16.5. The van der Waals surface area contributed by atoms with E-state index in [1.54, 1.807) is 12.1 Å². The van der Waals surface area contributed by atoms with Gasteiger partial charge in [0, 0.05) is 43.5 Å². The van der Waals surface area contributed by atoms with Crippen molar-refractivity contribution in [3.05, 3.63) is 82.9 Å². The van der Waals surface area contributed by atoms with Crippen LogP contribution < -0.4 is 5.32 Å². The second-order valence-corrected chi connectivity index (χ2v) is 7.62. The van der Waals surface area contributed by atoms with E-state index in [4.69, 9.17) is 0 Å². The molecule has 1 aliphatic rings. The number of hydrogen-bond donors (Lipinski definition) is 1. The quantitative estimate of drug-likeness (QED) is 0.704. The van der Waals surface area contributed by atoms with E-state index in [-0.39, 0.29) is 5.82 Å². The monoisotopic (exact) mass is 378 g/mol. The van der Waals surface area contributed by atoms with Crippen LogP contribution in [-0.4, -0.2) is 33.8 Å². The van der Waals surface area contributed by atoms with Gasteiger partial charge in [0.1, 0.15) is 5.82 Å². The summed E-state index contributed by atoms with van der Waals surface area (Å²) in [6.07, 6.45) is 1.16. The first-order chi connectivity index (χ1) is 13.6. The number of nitrogens with zero attached hydrogens (tertiary/aromatic N) is 3. The fourth-order valence-electron chi connectivity index (χ4n) is 4.00. The Labute approximate surface area is 166 Å². The van der Waals surface area contributed by atoms with Crippen LogP contribution in [0, 0.1) is 19.7 Å². The van der Waals surface area contributed by atoms with Gasteiger partial charge >= 0.3 is 0 Å². The maximum absolute atomic E-state index is 13.2. The van der Waals surface area contributed by atoms with Gasteiger partial charge in [-0.2, -0.15) is 5.10 Å². The van der Waals surface area contributed by atoms with Crippen LogP contribution >= 0.6 is 0 Å². The number of aryl methyl sites for hydroxylation is 1. The number of nitrogens with one attached hydrogen (secondary N) is 1. The molecule has 1 unspecified atom stereocenters.